The zero-order valence-electron chi connectivity index (χ0n) is 22.3. The second kappa shape index (κ2) is 13.4. The summed E-state index contributed by atoms with van der Waals surface area (Å²) in [5, 5.41) is 1.23. The van der Waals surface area contributed by atoms with Gasteiger partial charge in [0.25, 0.3) is 0 Å². The van der Waals surface area contributed by atoms with Gasteiger partial charge in [0.05, 0.1) is 5.02 Å². The number of aryl methyl sites for hydroxylation is 1. The van der Waals surface area contributed by atoms with E-state index in [0.29, 0.717) is 13.1 Å². The van der Waals surface area contributed by atoms with Crippen molar-refractivity contribution >= 4 is 34.9 Å². The summed E-state index contributed by atoms with van der Waals surface area (Å²) in [7, 11) is 0. The molecule has 0 aliphatic carbocycles. The number of halogens is 6. The van der Waals surface area contributed by atoms with Crippen molar-refractivity contribution < 1.29 is 22.3 Å². The number of nitrogens with two attached hydrogens (primary N) is 1. The Bertz CT molecular complexity index is 1450. The molecule has 0 radical (unpaired) electrons. The van der Waals surface area contributed by atoms with E-state index >= 15 is 0 Å². The lowest BCUT2D eigenvalue weighted by atomic mass is 10.0. The summed E-state index contributed by atoms with van der Waals surface area (Å²) in [4.78, 5) is 4.67. The van der Waals surface area contributed by atoms with Crippen LogP contribution >= 0.6 is 24.0 Å². The third-order valence-electron chi connectivity index (χ3n) is 7.24. The monoisotopic (exact) mass is 610 g/mol. The number of alkyl halides is 3. The van der Waals surface area contributed by atoms with E-state index in [1.54, 1.807) is 18.2 Å². The smallest absolute Gasteiger partial charge is 0.406 e. The SMILES string of the molecule is Cl.NCCCn1cc(-c2ccc(OC(F)(F)F)cc2)c2cc(CN3CCN(Cc4cccc(F)c4Cl)CC3)ccc21. The summed E-state index contributed by atoms with van der Waals surface area (Å²) < 4.78 is 57.9. The highest BCUT2D eigenvalue weighted by Crippen LogP contribution is 2.34. The molecule has 0 spiro atoms. The van der Waals surface area contributed by atoms with Gasteiger partial charge in [0.1, 0.15) is 11.6 Å². The van der Waals surface area contributed by atoms with E-state index in [4.69, 9.17) is 17.3 Å². The number of piperazine rings is 1. The molecule has 0 saturated carbocycles. The molecule has 41 heavy (non-hydrogen) atoms. The van der Waals surface area contributed by atoms with Crippen molar-refractivity contribution in [3.63, 3.8) is 0 Å². The second-order valence-corrected chi connectivity index (χ2v) is 10.4. The van der Waals surface area contributed by atoms with Gasteiger partial charge in [0, 0.05) is 68.5 Å². The molecule has 1 aliphatic rings. The largest absolute Gasteiger partial charge is 0.573 e. The minimum atomic E-state index is -4.73. The molecule has 5 rings (SSSR count). The van der Waals surface area contributed by atoms with Crippen LogP contribution in [0.1, 0.15) is 17.5 Å². The Kier molecular flexibility index (Phi) is 10.2. The first kappa shape index (κ1) is 31.1. The van der Waals surface area contributed by atoms with Crippen molar-refractivity contribution in [2.75, 3.05) is 32.7 Å². The van der Waals surface area contributed by atoms with Crippen LogP contribution in [0.15, 0.2) is 66.9 Å². The van der Waals surface area contributed by atoms with Crippen molar-refractivity contribution in [3.05, 3.63) is 88.8 Å². The molecule has 1 aliphatic heterocycles. The third-order valence-corrected chi connectivity index (χ3v) is 7.67. The molecule has 0 atom stereocenters. The maximum Gasteiger partial charge on any atom is 0.573 e. The summed E-state index contributed by atoms with van der Waals surface area (Å²) in [5.74, 6) is -0.641. The fraction of sp³-hybridized carbons (Fsp3) is 0.333. The molecule has 2 heterocycles. The minimum absolute atomic E-state index is 0. The van der Waals surface area contributed by atoms with Crippen LogP contribution in [0.3, 0.4) is 0 Å². The van der Waals surface area contributed by atoms with Crippen LogP contribution in [0.25, 0.3) is 22.0 Å². The minimum Gasteiger partial charge on any atom is -0.406 e. The van der Waals surface area contributed by atoms with E-state index in [1.165, 1.54) is 18.2 Å². The fourth-order valence-corrected chi connectivity index (χ4v) is 5.42. The summed E-state index contributed by atoms with van der Waals surface area (Å²) in [6.07, 6.45) is -1.87. The predicted octanol–water partition coefficient (Wildman–Crippen LogP) is 7.09. The first-order valence-electron chi connectivity index (χ1n) is 13.3. The average Bonchev–Trinajstić information content (AvgIpc) is 3.28. The third kappa shape index (κ3) is 7.72. The van der Waals surface area contributed by atoms with Crippen molar-refractivity contribution in [2.45, 2.75) is 32.4 Å². The molecule has 3 aromatic carbocycles. The van der Waals surface area contributed by atoms with Gasteiger partial charge in [-0.3, -0.25) is 9.80 Å². The molecule has 11 heteroatoms. The fourth-order valence-electron chi connectivity index (χ4n) is 5.23. The lowest BCUT2D eigenvalue weighted by Gasteiger charge is -2.35. The maximum atomic E-state index is 13.8. The van der Waals surface area contributed by atoms with Gasteiger partial charge in [0.15, 0.2) is 0 Å². The molecule has 1 saturated heterocycles. The Morgan fingerprint density at radius 1 is 0.902 bits per heavy atom. The van der Waals surface area contributed by atoms with Crippen LogP contribution in [0, 0.1) is 5.82 Å². The van der Waals surface area contributed by atoms with E-state index in [0.717, 1.165) is 78.8 Å². The molecule has 0 bridgehead atoms. The van der Waals surface area contributed by atoms with Gasteiger partial charge in [-0.25, -0.2) is 4.39 Å². The number of benzene rings is 3. The lowest BCUT2D eigenvalue weighted by Crippen LogP contribution is -2.45. The number of hydrogen-bond donors (Lipinski definition) is 1. The first-order chi connectivity index (χ1) is 19.2. The molecule has 2 N–H and O–H groups in total. The van der Waals surface area contributed by atoms with Gasteiger partial charge in [-0.15, -0.1) is 25.6 Å². The predicted molar refractivity (Wildman–Crippen MR) is 157 cm³/mol. The quantitative estimate of drug-likeness (QED) is 0.206. The Morgan fingerprint density at radius 2 is 1.59 bits per heavy atom. The van der Waals surface area contributed by atoms with E-state index in [-0.39, 0.29) is 23.2 Å². The average molecular weight is 612 g/mol. The standard InChI is InChI=1S/C30H31ClF4N4O.ClH/c31-29-23(3-1-4-27(29)32)19-38-15-13-37(14-16-38)18-21-5-10-28-25(17-21)26(20-39(28)12-2-11-36)22-6-8-24(9-7-22)40-30(33,34)35;/h1,3-10,17,20H,2,11-16,18-19,36H2;1H. The van der Waals surface area contributed by atoms with Gasteiger partial charge in [-0.1, -0.05) is 41.9 Å². The summed E-state index contributed by atoms with van der Waals surface area (Å²) in [6.45, 7) is 6.14. The molecule has 1 fully saturated rings. The zero-order chi connectivity index (χ0) is 28.3. The maximum absolute atomic E-state index is 13.8. The van der Waals surface area contributed by atoms with Gasteiger partial charge < -0.3 is 15.0 Å². The van der Waals surface area contributed by atoms with Crippen molar-refractivity contribution in [1.29, 1.82) is 0 Å². The molecule has 5 nitrogen and oxygen atoms in total. The Labute approximate surface area is 247 Å². The molecule has 220 valence electrons. The van der Waals surface area contributed by atoms with Crippen molar-refractivity contribution in [2.24, 2.45) is 5.73 Å². The van der Waals surface area contributed by atoms with Crippen LogP contribution in [0.4, 0.5) is 17.6 Å². The molecule has 0 amide bonds. The summed E-state index contributed by atoms with van der Waals surface area (Å²) in [6, 6.07) is 17.3. The zero-order valence-corrected chi connectivity index (χ0v) is 23.9. The number of rotatable bonds is 9. The first-order valence-corrected chi connectivity index (χ1v) is 13.6. The van der Waals surface area contributed by atoms with Crippen molar-refractivity contribution in [3.8, 4) is 16.9 Å². The Balaban J connectivity index is 0.00000387. The van der Waals surface area contributed by atoms with Crippen molar-refractivity contribution in [1.82, 2.24) is 14.4 Å². The summed E-state index contributed by atoms with van der Waals surface area (Å²) in [5.41, 5.74) is 10.5. The Morgan fingerprint density at radius 3 is 2.24 bits per heavy atom. The number of fused-ring (bicyclic) bond motifs is 1. The lowest BCUT2D eigenvalue weighted by molar-refractivity contribution is -0.274. The number of ether oxygens (including phenoxy) is 1. The van der Waals surface area contributed by atoms with Gasteiger partial charge in [-0.05, 0) is 60.0 Å². The van der Waals surface area contributed by atoms with Gasteiger partial charge >= 0.3 is 6.36 Å². The Hall–Kier alpha value is -2.82. The van der Waals surface area contributed by atoms with Crippen LogP contribution in [0.5, 0.6) is 5.75 Å². The highest BCUT2D eigenvalue weighted by atomic mass is 35.5. The van der Waals surface area contributed by atoms with Gasteiger partial charge in [0.2, 0.25) is 0 Å². The van der Waals surface area contributed by atoms with Gasteiger partial charge in [-0.2, -0.15) is 0 Å². The van der Waals surface area contributed by atoms with Crippen LogP contribution in [-0.4, -0.2) is 53.5 Å². The van der Waals surface area contributed by atoms with Crippen LogP contribution in [-0.2, 0) is 19.6 Å². The van der Waals surface area contributed by atoms with Crippen LogP contribution in [0.2, 0.25) is 5.02 Å². The van der Waals surface area contributed by atoms with Crippen LogP contribution < -0.4 is 10.5 Å². The highest BCUT2D eigenvalue weighted by molar-refractivity contribution is 6.31. The second-order valence-electron chi connectivity index (χ2n) is 10.1. The molecule has 1 aromatic heterocycles. The summed E-state index contributed by atoms with van der Waals surface area (Å²) >= 11 is 6.14. The number of aromatic nitrogens is 1. The molecular weight excluding hydrogens is 579 g/mol. The van der Waals surface area contributed by atoms with E-state index in [9.17, 15) is 17.6 Å². The number of nitrogens with zero attached hydrogens (tertiary/aromatic N) is 3. The molecule has 4 aromatic rings. The van der Waals surface area contributed by atoms with E-state index in [2.05, 4.69) is 37.3 Å². The molecular formula is C30H32Cl2F4N4O. The van der Waals surface area contributed by atoms with E-state index < -0.39 is 12.2 Å². The normalized spacial score (nSPS) is 14.8. The highest BCUT2D eigenvalue weighted by Gasteiger charge is 2.31. The van der Waals surface area contributed by atoms with E-state index in [1.807, 2.05) is 12.3 Å². The molecule has 0 unspecified atom stereocenters. The number of hydrogen-bond acceptors (Lipinski definition) is 4. The topological polar surface area (TPSA) is 46.7 Å².